The van der Waals surface area contributed by atoms with Gasteiger partial charge in [-0.25, -0.2) is 18.2 Å². The molecule has 1 aromatic heterocycles. The minimum atomic E-state index is -3.23. The number of aliphatic hydroxyl groups is 3. The molecule has 0 aromatic carbocycles. The number of halogens is 3. The van der Waals surface area contributed by atoms with Crippen LogP contribution in [0.1, 0.15) is 96.6 Å². The monoisotopic (exact) mass is 553 g/mol. The summed E-state index contributed by atoms with van der Waals surface area (Å²) in [6.45, 7) is 6.16. The lowest BCUT2D eigenvalue weighted by atomic mass is 9.42. The summed E-state index contributed by atoms with van der Waals surface area (Å²) in [6, 6.07) is 3.61. The van der Waals surface area contributed by atoms with Crippen LogP contribution in [-0.4, -0.2) is 51.2 Å². The lowest BCUT2D eigenvalue weighted by Gasteiger charge is -2.65. The van der Waals surface area contributed by atoms with Gasteiger partial charge in [-0.05, 0) is 86.2 Å². The molecule has 4 saturated carbocycles. The van der Waals surface area contributed by atoms with Crippen LogP contribution in [0.15, 0.2) is 18.3 Å². The standard InChI is InChI=1S/C31H46F3NO4/c1-18(7-5-9-23(36)19-8-6-16-35-27(19)39-4)20-10-11-21-25-22(12-14-28(20,21)2)29(3)15-13-24(37)26(38)30(29,32)17-31(25,33)34/h6,8,16,18,20-26,36-38H,5,7,9-15,17H2,1-4H3/t18-,20-,21+,22+,23?,24+,25+,26+,28-,29-,30-/m1/s1. The normalized spacial score (nSPS) is 44.6. The van der Waals surface area contributed by atoms with Crippen molar-refractivity contribution in [3.8, 4) is 5.88 Å². The van der Waals surface area contributed by atoms with Gasteiger partial charge >= 0.3 is 0 Å². The number of rotatable bonds is 7. The molecule has 0 aliphatic heterocycles. The summed E-state index contributed by atoms with van der Waals surface area (Å²) in [4.78, 5) is 4.17. The maximum atomic E-state index is 16.4. The Morgan fingerprint density at radius 2 is 1.79 bits per heavy atom. The Hall–Kier alpha value is -1.38. The molecule has 4 fully saturated rings. The Kier molecular flexibility index (Phi) is 7.59. The Labute approximate surface area is 230 Å². The van der Waals surface area contributed by atoms with E-state index in [2.05, 4.69) is 18.8 Å². The van der Waals surface area contributed by atoms with Crippen LogP contribution in [0.5, 0.6) is 5.88 Å². The number of fused-ring (bicyclic) bond motifs is 5. The molecule has 220 valence electrons. The number of alkyl halides is 3. The molecule has 5 rings (SSSR count). The number of methoxy groups -OCH3 is 1. The summed E-state index contributed by atoms with van der Waals surface area (Å²) in [5, 5.41) is 31.5. The average molecular weight is 554 g/mol. The number of pyridine rings is 1. The van der Waals surface area contributed by atoms with E-state index in [9.17, 15) is 15.3 Å². The van der Waals surface area contributed by atoms with Crippen LogP contribution in [0.3, 0.4) is 0 Å². The van der Waals surface area contributed by atoms with Crippen LogP contribution in [0.2, 0.25) is 0 Å². The predicted octanol–water partition coefficient (Wildman–Crippen LogP) is 6.26. The van der Waals surface area contributed by atoms with Gasteiger partial charge in [0.25, 0.3) is 5.92 Å². The second-order valence-corrected chi connectivity index (χ2v) is 13.8. The first-order chi connectivity index (χ1) is 18.3. The Morgan fingerprint density at radius 3 is 2.51 bits per heavy atom. The number of aliphatic hydroxyl groups excluding tert-OH is 3. The van der Waals surface area contributed by atoms with Gasteiger partial charge in [0.1, 0.15) is 6.10 Å². The van der Waals surface area contributed by atoms with Gasteiger partial charge in [0.15, 0.2) is 5.67 Å². The zero-order valence-electron chi connectivity index (χ0n) is 23.8. The van der Waals surface area contributed by atoms with Crippen LogP contribution >= 0.6 is 0 Å². The molecular formula is C31H46F3NO4. The molecule has 0 amide bonds. The Bertz CT molecular complexity index is 1040. The number of nitrogens with zero attached hydrogens (tertiary/aromatic N) is 1. The van der Waals surface area contributed by atoms with Gasteiger partial charge in [0.2, 0.25) is 5.88 Å². The van der Waals surface area contributed by atoms with Gasteiger partial charge < -0.3 is 20.1 Å². The molecule has 0 radical (unpaired) electrons. The van der Waals surface area contributed by atoms with E-state index in [-0.39, 0.29) is 17.8 Å². The minimum absolute atomic E-state index is 0.186. The van der Waals surface area contributed by atoms with E-state index in [1.54, 1.807) is 19.2 Å². The molecule has 0 bridgehead atoms. The largest absolute Gasteiger partial charge is 0.481 e. The van der Waals surface area contributed by atoms with Crippen LogP contribution in [0.25, 0.3) is 0 Å². The molecule has 1 unspecified atom stereocenters. The highest BCUT2D eigenvalue weighted by molar-refractivity contribution is 5.27. The van der Waals surface area contributed by atoms with Gasteiger partial charge in [0, 0.05) is 29.5 Å². The first kappa shape index (κ1) is 29.1. The fourth-order valence-corrected chi connectivity index (χ4v) is 9.95. The highest BCUT2D eigenvalue weighted by Crippen LogP contribution is 2.72. The van der Waals surface area contributed by atoms with Crippen molar-refractivity contribution in [2.24, 2.45) is 40.4 Å². The van der Waals surface area contributed by atoms with Crippen molar-refractivity contribution in [1.29, 1.82) is 0 Å². The van der Waals surface area contributed by atoms with Crippen molar-refractivity contribution in [1.82, 2.24) is 4.98 Å². The molecular weight excluding hydrogens is 507 g/mol. The average Bonchev–Trinajstić information content (AvgIpc) is 3.25. The van der Waals surface area contributed by atoms with E-state index in [1.807, 2.05) is 6.07 Å². The molecule has 1 heterocycles. The van der Waals surface area contributed by atoms with Crippen LogP contribution in [0, 0.1) is 40.4 Å². The molecule has 3 N–H and O–H groups in total. The summed E-state index contributed by atoms with van der Waals surface area (Å²) >= 11 is 0. The number of hydrogen-bond acceptors (Lipinski definition) is 5. The third kappa shape index (κ3) is 4.42. The molecule has 8 heteroatoms. The molecule has 0 saturated heterocycles. The third-order valence-corrected chi connectivity index (χ3v) is 12.1. The van der Waals surface area contributed by atoms with Gasteiger partial charge in [-0.2, -0.15) is 0 Å². The van der Waals surface area contributed by atoms with E-state index in [4.69, 9.17) is 4.74 Å². The van der Waals surface area contributed by atoms with Crippen molar-refractivity contribution >= 4 is 0 Å². The zero-order chi connectivity index (χ0) is 28.4. The molecule has 4 aliphatic rings. The minimum Gasteiger partial charge on any atom is -0.481 e. The van der Waals surface area contributed by atoms with Gasteiger partial charge in [-0.3, -0.25) is 0 Å². The van der Waals surface area contributed by atoms with E-state index < -0.39 is 53.6 Å². The topological polar surface area (TPSA) is 82.8 Å². The fraction of sp³-hybridized carbons (Fsp3) is 0.839. The molecule has 11 atom stereocenters. The van der Waals surface area contributed by atoms with E-state index in [0.717, 1.165) is 32.1 Å². The molecule has 0 spiro atoms. The van der Waals surface area contributed by atoms with Crippen LogP contribution in [0.4, 0.5) is 13.2 Å². The summed E-state index contributed by atoms with van der Waals surface area (Å²) in [6.07, 6.45) is 2.67. The van der Waals surface area contributed by atoms with Crippen molar-refractivity contribution < 1.29 is 33.2 Å². The van der Waals surface area contributed by atoms with E-state index in [1.165, 1.54) is 7.11 Å². The maximum absolute atomic E-state index is 16.4. The highest BCUT2D eigenvalue weighted by Gasteiger charge is 2.75. The second kappa shape index (κ2) is 10.2. The van der Waals surface area contributed by atoms with Crippen molar-refractivity contribution in [3.63, 3.8) is 0 Å². The molecule has 4 aliphatic carbocycles. The van der Waals surface area contributed by atoms with Crippen molar-refractivity contribution in [2.45, 2.75) is 115 Å². The summed E-state index contributed by atoms with van der Waals surface area (Å²) in [5.41, 5.74) is -3.11. The second-order valence-electron chi connectivity index (χ2n) is 13.8. The summed E-state index contributed by atoms with van der Waals surface area (Å²) < 4.78 is 53.7. The number of aromatic nitrogens is 1. The van der Waals surface area contributed by atoms with Gasteiger partial charge in [-0.1, -0.05) is 33.6 Å². The first-order valence-corrected chi connectivity index (χ1v) is 14.9. The quantitative estimate of drug-likeness (QED) is 0.371. The SMILES string of the molecule is COc1ncccc1C(O)CCC[C@@H](C)[C@H]1CC[C@H]2[C@H]3[C@H](CC[C@]12C)[C@@]1(C)CC[C@H](O)[C@H](O)[C@]1(F)CC3(F)F. The Morgan fingerprint density at radius 1 is 1.05 bits per heavy atom. The van der Waals surface area contributed by atoms with Gasteiger partial charge in [-0.15, -0.1) is 0 Å². The van der Waals surface area contributed by atoms with Crippen molar-refractivity contribution in [2.75, 3.05) is 7.11 Å². The lowest BCUT2D eigenvalue weighted by Crippen LogP contribution is -2.71. The zero-order valence-corrected chi connectivity index (χ0v) is 23.8. The predicted molar refractivity (Wildman–Crippen MR) is 142 cm³/mol. The fourth-order valence-electron chi connectivity index (χ4n) is 9.95. The summed E-state index contributed by atoms with van der Waals surface area (Å²) in [5.74, 6) is -3.77. The Balaban J connectivity index is 1.29. The van der Waals surface area contributed by atoms with E-state index in [0.29, 0.717) is 42.5 Å². The molecule has 39 heavy (non-hydrogen) atoms. The number of hydrogen-bond donors (Lipinski definition) is 3. The smallest absolute Gasteiger partial charge is 0.254 e. The highest BCUT2D eigenvalue weighted by atomic mass is 19.3. The molecule has 5 nitrogen and oxygen atoms in total. The third-order valence-electron chi connectivity index (χ3n) is 12.1. The lowest BCUT2D eigenvalue weighted by molar-refractivity contribution is -0.299. The maximum Gasteiger partial charge on any atom is 0.254 e. The first-order valence-electron chi connectivity index (χ1n) is 14.9. The number of ether oxygens (including phenoxy) is 1. The van der Waals surface area contributed by atoms with Crippen LogP contribution < -0.4 is 4.74 Å². The van der Waals surface area contributed by atoms with Crippen LogP contribution in [-0.2, 0) is 0 Å². The molecule has 1 aromatic rings. The van der Waals surface area contributed by atoms with Gasteiger partial charge in [0.05, 0.1) is 19.3 Å². The van der Waals surface area contributed by atoms with Crippen molar-refractivity contribution in [3.05, 3.63) is 23.9 Å². The van der Waals surface area contributed by atoms with E-state index >= 15 is 13.2 Å². The summed E-state index contributed by atoms with van der Waals surface area (Å²) in [7, 11) is 1.54.